The van der Waals surface area contributed by atoms with Gasteiger partial charge >= 0.3 is 0 Å². The highest BCUT2D eigenvalue weighted by Gasteiger charge is 2.21. The van der Waals surface area contributed by atoms with Gasteiger partial charge < -0.3 is 9.42 Å². The molecule has 25 heavy (non-hydrogen) atoms. The van der Waals surface area contributed by atoms with Crippen LogP contribution in [0.1, 0.15) is 22.6 Å². The fourth-order valence-corrected chi connectivity index (χ4v) is 2.92. The zero-order chi connectivity index (χ0) is 17.8. The van der Waals surface area contributed by atoms with E-state index in [0.29, 0.717) is 13.1 Å². The molecule has 1 aromatic heterocycles. The maximum atomic E-state index is 12.9. The summed E-state index contributed by atoms with van der Waals surface area (Å²) in [7, 11) is 0. The number of carbonyl (C=O) groups is 1. The van der Waals surface area contributed by atoms with Gasteiger partial charge in [0.25, 0.3) is 0 Å². The summed E-state index contributed by atoms with van der Waals surface area (Å²) in [5.41, 5.74) is 2.88. The Labute approximate surface area is 146 Å². The van der Waals surface area contributed by atoms with Gasteiger partial charge in [-0.1, -0.05) is 17.3 Å². The number of nitrogens with zero attached hydrogens (tertiary/aromatic N) is 3. The fourth-order valence-electron chi connectivity index (χ4n) is 2.92. The predicted molar refractivity (Wildman–Crippen MR) is 93.3 cm³/mol. The van der Waals surface area contributed by atoms with Gasteiger partial charge in [0.1, 0.15) is 11.6 Å². The molecule has 0 unspecified atom stereocenters. The molecule has 1 amide bonds. The number of piperazine rings is 1. The summed E-state index contributed by atoms with van der Waals surface area (Å²) in [6.07, 6.45) is 3.27. The molecule has 132 valence electrons. The van der Waals surface area contributed by atoms with Crippen molar-refractivity contribution in [1.29, 1.82) is 0 Å². The van der Waals surface area contributed by atoms with E-state index in [1.807, 2.05) is 18.7 Å². The van der Waals surface area contributed by atoms with Gasteiger partial charge in [-0.15, -0.1) is 0 Å². The van der Waals surface area contributed by atoms with Crippen LogP contribution in [-0.2, 0) is 11.3 Å². The van der Waals surface area contributed by atoms with Gasteiger partial charge in [-0.05, 0) is 37.6 Å². The molecule has 2 aromatic rings. The van der Waals surface area contributed by atoms with Crippen molar-refractivity contribution in [3.05, 3.63) is 58.7 Å². The molecule has 1 aliphatic rings. The van der Waals surface area contributed by atoms with Crippen LogP contribution in [0.5, 0.6) is 0 Å². The molecular formula is C19H22FN3O2. The largest absolute Gasteiger partial charge is 0.361 e. The lowest BCUT2D eigenvalue weighted by Crippen LogP contribution is -2.47. The molecule has 0 spiro atoms. The highest BCUT2D eigenvalue weighted by Crippen LogP contribution is 2.16. The Morgan fingerprint density at radius 3 is 2.48 bits per heavy atom. The molecule has 0 bridgehead atoms. The molecule has 0 saturated carbocycles. The normalized spacial score (nSPS) is 15.9. The lowest BCUT2D eigenvalue weighted by atomic mass is 10.1. The van der Waals surface area contributed by atoms with Crippen molar-refractivity contribution >= 4 is 12.0 Å². The van der Waals surface area contributed by atoms with Crippen LogP contribution in [0.25, 0.3) is 6.08 Å². The van der Waals surface area contributed by atoms with Gasteiger partial charge in [-0.25, -0.2) is 4.39 Å². The van der Waals surface area contributed by atoms with Gasteiger partial charge in [-0.2, -0.15) is 0 Å². The van der Waals surface area contributed by atoms with Crippen LogP contribution in [0.3, 0.4) is 0 Å². The smallest absolute Gasteiger partial charge is 0.246 e. The standard InChI is InChI=1S/C19H22FN3O2/c1-14-18(15(2)25-21-14)13-22-9-11-23(12-10-22)19(24)8-5-16-3-6-17(20)7-4-16/h3-8H,9-13H2,1-2H3. The molecular weight excluding hydrogens is 321 g/mol. The highest BCUT2D eigenvalue weighted by molar-refractivity contribution is 5.91. The first-order chi connectivity index (χ1) is 12.0. The van der Waals surface area contributed by atoms with E-state index in [2.05, 4.69) is 10.1 Å². The van der Waals surface area contributed by atoms with Crippen LogP contribution < -0.4 is 0 Å². The molecule has 0 N–H and O–H groups in total. The molecule has 5 nitrogen and oxygen atoms in total. The minimum Gasteiger partial charge on any atom is -0.361 e. The van der Waals surface area contributed by atoms with Crippen molar-refractivity contribution in [2.24, 2.45) is 0 Å². The number of hydrogen-bond donors (Lipinski definition) is 0. The van der Waals surface area contributed by atoms with Crippen LogP contribution in [0, 0.1) is 19.7 Å². The average Bonchev–Trinajstić information content (AvgIpc) is 2.93. The van der Waals surface area contributed by atoms with Crippen LogP contribution in [0.4, 0.5) is 4.39 Å². The average molecular weight is 343 g/mol. The number of aromatic nitrogens is 1. The van der Waals surface area contributed by atoms with E-state index in [1.54, 1.807) is 24.3 Å². The number of aryl methyl sites for hydroxylation is 2. The molecule has 0 radical (unpaired) electrons. The number of amides is 1. The molecule has 0 atom stereocenters. The van der Waals surface area contributed by atoms with E-state index < -0.39 is 0 Å². The van der Waals surface area contributed by atoms with E-state index in [1.165, 1.54) is 12.1 Å². The van der Waals surface area contributed by atoms with E-state index in [-0.39, 0.29) is 11.7 Å². The number of hydrogen-bond acceptors (Lipinski definition) is 4. The van der Waals surface area contributed by atoms with Crippen molar-refractivity contribution in [2.75, 3.05) is 26.2 Å². The topological polar surface area (TPSA) is 49.6 Å². The first kappa shape index (κ1) is 17.4. The molecule has 1 fully saturated rings. The Hall–Kier alpha value is -2.47. The SMILES string of the molecule is Cc1noc(C)c1CN1CCN(C(=O)C=Cc2ccc(F)cc2)CC1. The fraction of sp³-hybridized carbons (Fsp3) is 0.368. The van der Waals surface area contributed by atoms with Crippen LogP contribution in [0.15, 0.2) is 34.9 Å². The number of benzene rings is 1. The Kier molecular flexibility index (Phi) is 5.28. The lowest BCUT2D eigenvalue weighted by Gasteiger charge is -2.34. The summed E-state index contributed by atoms with van der Waals surface area (Å²) in [6.45, 7) is 7.70. The first-order valence-corrected chi connectivity index (χ1v) is 8.39. The third kappa shape index (κ3) is 4.33. The van der Waals surface area contributed by atoms with Crippen molar-refractivity contribution in [2.45, 2.75) is 20.4 Å². The Balaban J connectivity index is 1.51. The summed E-state index contributed by atoms with van der Waals surface area (Å²) in [6, 6.07) is 6.08. The molecule has 6 heteroatoms. The minimum absolute atomic E-state index is 0.0127. The van der Waals surface area contributed by atoms with E-state index >= 15 is 0 Å². The van der Waals surface area contributed by atoms with Crippen LogP contribution in [0.2, 0.25) is 0 Å². The molecule has 1 aliphatic heterocycles. The van der Waals surface area contributed by atoms with Crippen LogP contribution in [-0.4, -0.2) is 47.0 Å². The van der Waals surface area contributed by atoms with Gasteiger partial charge in [0.15, 0.2) is 0 Å². The van der Waals surface area contributed by atoms with E-state index in [0.717, 1.165) is 42.2 Å². The monoisotopic (exact) mass is 343 g/mol. The Morgan fingerprint density at radius 1 is 1.20 bits per heavy atom. The second kappa shape index (κ2) is 7.61. The van der Waals surface area contributed by atoms with Gasteiger partial charge in [0.2, 0.25) is 5.91 Å². The first-order valence-electron chi connectivity index (χ1n) is 8.39. The minimum atomic E-state index is -0.280. The zero-order valence-corrected chi connectivity index (χ0v) is 14.5. The molecule has 1 saturated heterocycles. The number of carbonyl (C=O) groups excluding carboxylic acids is 1. The van der Waals surface area contributed by atoms with Crippen molar-refractivity contribution < 1.29 is 13.7 Å². The Bertz CT molecular complexity index is 740. The summed E-state index contributed by atoms with van der Waals surface area (Å²) < 4.78 is 18.1. The Morgan fingerprint density at radius 2 is 1.88 bits per heavy atom. The third-order valence-corrected chi connectivity index (χ3v) is 4.54. The summed E-state index contributed by atoms with van der Waals surface area (Å²) in [5, 5.41) is 3.98. The highest BCUT2D eigenvalue weighted by atomic mass is 19.1. The second-order valence-corrected chi connectivity index (χ2v) is 6.29. The summed E-state index contributed by atoms with van der Waals surface area (Å²) in [5.74, 6) is 0.567. The zero-order valence-electron chi connectivity index (χ0n) is 14.5. The van der Waals surface area contributed by atoms with Gasteiger partial charge in [0.05, 0.1) is 5.69 Å². The second-order valence-electron chi connectivity index (χ2n) is 6.29. The predicted octanol–water partition coefficient (Wildman–Crippen LogP) is 2.79. The lowest BCUT2D eigenvalue weighted by molar-refractivity contribution is -0.127. The summed E-state index contributed by atoms with van der Waals surface area (Å²) in [4.78, 5) is 16.4. The molecule has 1 aromatic carbocycles. The van der Waals surface area contributed by atoms with Gasteiger partial charge in [0, 0.05) is 44.4 Å². The maximum Gasteiger partial charge on any atom is 0.246 e. The quantitative estimate of drug-likeness (QED) is 0.801. The van der Waals surface area contributed by atoms with E-state index in [4.69, 9.17) is 4.52 Å². The molecule has 3 rings (SSSR count). The van der Waals surface area contributed by atoms with Gasteiger partial charge in [-0.3, -0.25) is 9.69 Å². The molecule has 2 heterocycles. The van der Waals surface area contributed by atoms with Crippen molar-refractivity contribution in [3.63, 3.8) is 0 Å². The third-order valence-electron chi connectivity index (χ3n) is 4.54. The number of rotatable bonds is 4. The van der Waals surface area contributed by atoms with Crippen LogP contribution >= 0.6 is 0 Å². The number of halogens is 1. The van der Waals surface area contributed by atoms with Crippen molar-refractivity contribution in [1.82, 2.24) is 15.0 Å². The maximum absolute atomic E-state index is 12.9. The van der Waals surface area contributed by atoms with Crippen molar-refractivity contribution in [3.8, 4) is 0 Å². The van der Waals surface area contributed by atoms with E-state index in [9.17, 15) is 9.18 Å². The molecule has 0 aliphatic carbocycles. The summed E-state index contributed by atoms with van der Waals surface area (Å²) >= 11 is 0.